The van der Waals surface area contributed by atoms with Gasteiger partial charge in [-0.2, -0.15) is 0 Å². The first-order chi connectivity index (χ1) is 9.65. The van der Waals surface area contributed by atoms with Crippen LogP contribution in [0.3, 0.4) is 0 Å². The fourth-order valence-electron chi connectivity index (χ4n) is 4.06. The Hall–Kier alpha value is -1.22. The lowest BCUT2D eigenvalue weighted by Crippen LogP contribution is -2.51. The van der Waals surface area contributed by atoms with Crippen molar-refractivity contribution in [3.05, 3.63) is 29.6 Å². The summed E-state index contributed by atoms with van der Waals surface area (Å²) >= 11 is 0. The molecule has 0 saturated heterocycles. The number of aromatic nitrogens is 1. The molecule has 1 saturated carbocycles. The normalized spacial score (nSPS) is 24.6. The van der Waals surface area contributed by atoms with E-state index in [2.05, 4.69) is 30.0 Å². The number of nitrogens with zero attached hydrogens (tertiary/aromatic N) is 2. The van der Waals surface area contributed by atoms with Gasteiger partial charge in [-0.3, -0.25) is 14.7 Å². The number of likely N-dealkylation sites (N-methyl/N-ethyl adjacent to an activating group) is 1. The summed E-state index contributed by atoms with van der Waals surface area (Å²) in [5.41, 5.74) is 2.09. The molecule has 3 heteroatoms. The average molecular weight is 272 g/mol. The third-order valence-electron chi connectivity index (χ3n) is 5.26. The summed E-state index contributed by atoms with van der Waals surface area (Å²) < 4.78 is 0. The Kier molecular flexibility index (Phi) is 3.63. The molecule has 1 unspecified atom stereocenters. The molecule has 20 heavy (non-hydrogen) atoms. The van der Waals surface area contributed by atoms with Crippen LogP contribution in [-0.2, 0) is 11.2 Å². The topological polar surface area (TPSA) is 33.2 Å². The highest BCUT2D eigenvalue weighted by molar-refractivity contribution is 5.94. The first-order valence-electron chi connectivity index (χ1n) is 7.81. The van der Waals surface area contributed by atoms with Gasteiger partial charge in [-0.1, -0.05) is 18.9 Å². The highest BCUT2D eigenvalue weighted by Gasteiger charge is 2.47. The molecule has 0 aromatic carbocycles. The lowest BCUT2D eigenvalue weighted by molar-refractivity contribution is -0.131. The van der Waals surface area contributed by atoms with Gasteiger partial charge in [0.25, 0.3) is 0 Å². The second kappa shape index (κ2) is 5.28. The van der Waals surface area contributed by atoms with Crippen LogP contribution in [0.15, 0.2) is 18.3 Å². The lowest BCUT2D eigenvalue weighted by atomic mass is 9.75. The number of hydrogen-bond donors (Lipinski definition) is 0. The van der Waals surface area contributed by atoms with Crippen molar-refractivity contribution in [2.75, 3.05) is 14.1 Å². The van der Waals surface area contributed by atoms with E-state index in [1.54, 1.807) is 0 Å². The molecule has 0 radical (unpaired) electrons. The summed E-state index contributed by atoms with van der Waals surface area (Å²) in [6, 6.07) is 4.13. The van der Waals surface area contributed by atoms with Crippen molar-refractivity contribution in [1.82, 2.24) is 9.88 Å². The van der Waals surface area contributed by atoms with Crippen molar-refractivity contribution in [3.63, 3.8) is 0 Å². The van der Waals surface area contributed by atoms with E-state index in [0.717, 1.165) is 37.8 Å². The Morgan fingerprint density at radius 1 is 1.30 bits per heavy atom. The summed E-state index contributed by atoms with van der Waals surface area (Å²) in [6.45, 7) is 0. The maximum atomic E-state index is 13.2. The highest BCUT2D eigenvalue weighted by Crippen LogP contribution is 2.41. The number of Topliss-reactive ketones (excluding diaryl/α,β-unsaturated/α-hetero) is 1. The summed E-state index contributed by atoms with van der Waals surface area (Å²) in [7, 11) is 4.12. The Labute approximate surface area is 121 Å². The van der Waals surface area contributed by atoms with Crippen LogP contribution in [0.5, 0.6) is 0 Å². The molecule has 2 aliphatic rings. The average Bonchev–Trinajstić information content (AvgIpc) is 2.97. The van der Waals surface area contributed by atoms with E-state index in [0.29, 0.717) is 5.78 Å². The first kappa shape index (κ1) is 13.7. The number of hydrogen-bond acceptors (Lipinski definition) is 3. The fraction of sp³-hybridized carbons (Fsp3) is 0.647. The van der Waals surface area contributed by atoms with E-state index in [4.69, 9.17) is 0 Å². The molecule has 0 N–H and O–H groups in total. The summed E-state index contributed by atoms with van der Waals surface area (Å²) in [5.74, 6) is 0.431. The van der Waals surface area contributed by atoms with Crippen molar-refractivity contribution < 1.29 is 4.79 Å². The molecule has 3 nitrogen and oxygen atoms in total. The van der Waals surface area contributed by atoms with Crippen molar-refractivity contribution in [1.29, 1.82) is 0 Å². The minimum atomic E-state index is -0.239. The van der Waals surface area contributed by atoms with Gasteiger partial charge in [0.1, 0.15) is 0 Å². The lowest BCUT2D eigenvalue weighted by Gasteiger charge is -2.38. The van der Waals surface area contributed by atoms with Crippen LogP contribution in [0.4, 0.5) is 0 Å². The first-order valence-corrected chi connectivity index (χ1v) is 7.81. The fourth-order valence-corrected chi connectivity index (χ4v) is 4.06. The third-order valence-corrected chi connectivity index (χ3v) is 5.26. The molecule has 108 valence electrons. The second-order valence-electron chi connectivity index (χ2n) is 6.49. The van der Waals surface area contributed by atoms with Gasteiger partial charge in [-0.05, 0) is 57.8 Å². The van der Waals surface area contributed by atoms with Crippen LogP contribution in [0.1, 0.15) is 55.7 Å². The van der Waals surface area contributed by atoms with Crippen LogP contribution in [0, 0.1) is 0 Å². The molecule has 1 aromatic heterocycles. The number of pyridine rings is 1. The Balaban J connectivity index is 1.95. The van der Waals surface area contributed by atoms with Gasteiger partial charge in [-0.15, -0.1) is 0 Å². The number of carbonyl (C=O) groups is 1. The zero-order valence-corrected chi connectivity index (χ0v) is 12.6. The van der Waals surface area contributed by atoms with E-state index >= 15 is 0 Å². The van der Waals surface area contributed by atoms with E-state index in [-0.39, 0.29) is 11.5 Å². The van der Waals surface area contributed by atoms with Crippen molar-refractivity contribution >= 4 is 5.78 Å². The largest absolute Gasteiger partial charge is 0.297 e. The molecule has 0 aliphatic heterocycles. The van der Waals surface area contributed by atoms with Crippen molar-refractivity contribution in [2.45, 2.75) is 56.4 Å². The van der Waals surface area contributed by atoms with Gasteiger partial charge < -0.3 is 0 Å². The maximum absolute atomic E-state index is 13.2. The molecule has 0 bridgehead atoms. The number of ketones is 1. The molecule has 3 rings (SSSR count). The third kappa shape index (κ3) is 2.08. The number of rotatable bonds is 3. The SMILES string of the molecule is CN(C)C1(C(=O)C2CCCc3cccnc32)CCCC1. The van der Waals surface area contributed by atoms with Crippen LogP contribution < -0.4 is 0 Å². The Bertz CT molecular complexity index is 503. The smallest absolute Gasteiger partial charge is 0.162 e. The molecular weight excluding hydrogens is 248 g/mol. The summed E-state index contributed by atoms with van der Waals surface area (Å²) in [5, 5.41) is 0. The molecule has 1 atom stereocenters. The predicted molar refractivity (Wildman–Crippen MR) is 79.8 cm³/mol. The zero-order chi connectivity index (χ0) is 14.2. The van der Waals surface area contributed by atoms with Gasteiger partial charge >= 0.3 is 0 Å². The van der Waals surface area contributed by atoms with Crippen molar-refractivity contribution in [3.8, 4) is 0 Å². The van der Waals surface area contributed by atoms with E-state index in [1.165, 1.54) is 18.4 Å². The minimum absolute atomic E-state index is 0.0143. The molecule has 2 aliphatic carbocycles. The van der Waals surface area contributed by atoms with Gasteiger partial charge in [0, 0.05) is 6.20 Å². The standard InChI is InChI=1S/C17H24N2O/c1-19(2)17(10-3-4-11-17)16(20)14-9-5-7-13-8-6-12-18-15(13)14/h6,8,12,14H,3-5,7,9-11H2,1-2H3. The van der Waals surface area contributed by atoms with Crippen LogP contribution in [-0.4, -0.2) is 35.3 Å². The van der Waals surface area contributed by atoms with E-state index in [1.807, 2.05) is 12.3 Å². The van der Waals surface area contributed by atoms with Crippen LogP contribution in [0.2, 0.25) is 0 Å². The zero-order valence-electron chi connectivity index (χ0n) is 12.6. The van der Waals surface area contributed by atoms with Gasteiger partial charge in [-0.25, -0.2) is 0 Å². The van der Waals surface area contributed by atoms with Gasteiger partial charge in [0.05, 0.1) is 17.2 Å². The number of fused-ring (bicyclic) bond motifs is 1. The Morgan fingerprint density at radius 3 is 2.75 bits per heavy atom. The summed E-state index contributed by atoms with van der Waals surface area (Å²) in [4.78, 5) is 20.0. The summed E-state index contributed by atoms with van der Waals surface area (Å²) in [6.07, 6.45) is 9.35. The van der Waals surface area contributed by atoms with Gasteiger partial charge in [0.2, 0.25) is 0 Å². The van der Waals surface area contributed by atoms with Gasteiger partial charge in [0.15, 0.2) is 5.78 Å². The van der Waals surface area contributed by atoms with E-state index in [9.17, 15) is 4.79 Å². The second-order valence-corrected chi connectivity index (χ2v) is 6.49. The number of aryl methyl sites for hydroxylation is 1. The quantitative estimate of drug-likeness (QED) is 0.848. The predicted octanol–water partition coefficient (Wildman–Crippen LogP) is 2.95. The molecule has 1 heterocycles. The minimum Gasteiger partial charge on any atom is -0.297 e. The molecular formula is C17H24N2O. The van der Waals surface area contributed by atoms with Crippen LogP contribution >= 0.6 is 0 Å². The Morgan fingerprint density at radius 2 is 2.05 bits per heavy atom. The van der Waals surface area contributed by atoms with E-state index < -0.39 is 0 Å². The molecule has 1 fully saturated rings. The molecule has 0 amide bonds. The molecule has 1 aromatic rings. The highest BCUT2D eigenvalue weighted by atomic mass is 16.1. The van der Waals surface area contributed by atoms with Crippen LogP contribution in [0.25, 0.3) is 0 Å². The monoisotopic (exact) mass is 272 g/mol. The number of carbonyl (C=O) groups excluding carboxylic acids is 1. The maximum Gasteiger partial charge on any atom is 0.162 e. The van der Waals surface area contributed by atoms with Crippen molar-refractivity contribution in [2.24, 2.45) is 0 Å². The molecule has 0 spiro atoms.